The molecule has 2 heterocycles. The lowest BCUT2D eigenvalue weighted by Gasteiger charge is -2.39. The average molecular weight is 447 g/mol. The molecule has 3 atom stereocenters. The van der Waals surface area contributed by atoms with Crippen LogP contribution in [0.15, 0.2) is 20.8 Å². The molecule has 0 aromatic carbocycles. The van der Waals surface area contributed by atoms with Gasteiger partial charge in [-0.15, -0.1) is 0 Å². The maximum Gasteiger partial charge on any atom is 0.330 e. The predicted molar refractivity (Wildman–Crippen MR) is 107 cm³/mol. The zero-order valence-corrected chi connectivity index (χ0v) is 18.4. The number of aromatic nitrogens is 2. The summed E-state index contributed by atoms with van der Waals surface area (Å²) in [7, 11) is -2.06. The van der Waals surface area contributed by atoms with Gasteiger partial charge in [0.25, 0.3) is 5.56 Å². The Morgan fingerprint density at radius 1 is 1.46 bits per heavy atom. The van der Waals surface area contributed by atoms with Gasteiger partial charge in [0.05, 0.1) is 18.3 Å². The maximum absolute atomic E-state index is 12.2. The molecular weight excluding hydrogens is 420 g/mol. The van der Waals surface area contributed by atoms with Crippen molar-refractivity contribution in [3.63, 3.8) is 0 Å². The van der Waals surface area contributed by atoms with E-state index in [1.807, 2.05) is 0 Å². The minimum atomic E-state index is -2.06. The van der Waals surface area contributed by atoms with Gasteiger partial charge >= 0.3 is 5.69 Å². The molecular formula is C17H27BrN2O5Si. The second-order valence-electron chi connectivity index (χ2n) is 8.01. The first-order chi connectivity index (χ1) is 12.0. The first-order valence-corrected chi connectivity index (χ1v) is 12.4. The predicted octanol–water partition coefficient (Wildman–Crippen LogP) is 2.57. The lowest BCUT2D eigenvalue weighted by atomic mass is 10.2. The zero-order valence-electron chi connectivity index (χ0n) is 15.8. The number of H-pyrrole nitrogens is 1. The summed E-state index contributed by atoms with van der Waals surface area (Å²) in [5.41, 5.74) is -0.677. The van der Waals surface area contributed by atoms with Crippen molar-refractivity contribution in [1.29, 1.82) is 0 Å². The van der Waals surface area contributed by atoms with Gasteiger partial charge in [0.2, 0.25) is 0 Å². The second kappa shape index (κ2) is 7.93. The third-order valence-electron chi connectivity index (χ3n) is 5.16. The van der Waals surface area contributed by atoms with E-state index < -0.39 is 31.9 Å². The van der Waals surface area contributed by atoms with Crippen LogP contribution in [0.3, 0.4) is 0 Å². The highest BCUT2D eigenvalue weighted by Crippen LogP contribution is 2.40. The van der Waals surface area contributed by atoms with Gasteiger partial charge in [-0.2, -0.15) is 0 Å². The van der Waals surface area contributed by atoms with Crippen LogP contribution in [0.1, 0.15) is 39.0 Å². The quantitative estimate of drug-likeness (QED) is 0.677. The van der Waals surface area contributed by atoms with Gasteiger partial charge in [-0.25, -0.2) is 4.79 Å². The SMILES string of the molecule is CC(C)(C)[Si](C)(C)O[C@H]1C[C@H](n2cc(/C=C/Br)c(=O)[nH]c2=O)O[C@@H]1CO. The van der Waals surface area contributed by atoms with E-state index in [9.17, 15) is 14.7 Å². The smallest absolute Gasteiger partial charge is 0.330 e. The molecule has 7 nitrogen and oxygen atoms in total. The van der Waals surface area contributed by atoms with Crippen LogP contribution in [0, 0.1) is 0 Å². The highest BCUT2D eigenvalue weighted by Gasteiger charge is 2.45. The third-order valence-corrected chi connectivity index (χ3v) is 9.93. The minimum Gasteiger partial charge on any atom is -0.411 e. The number of rotatable bonds is 5. The van der Waals surface area contributed by atoms with E-state index >= 15 is 0 Å². The van der Waals surface area contributed by atoms with Gasteiger partial charge in [-0.3, -0.25) is 14.3 Å². The molecule has 1 aliphatic rings. The zero-order chi connectivity index (χ0) is 19.7. The fraction of sp³-hybridized carbons (Fsp3) is 0.647. The van der Waals surface area contributed by atoms with Crippen LogP contribution in [0.4, 0.5) is 0 Å². The molecule has 0 unspecified atom stereocenters. The lowest BCUT2D eigenvalue weighted by molar-refractivity contribution is -0.0438. The van der Waals surface area contributed by atoms with Crippen molar-refractivity contribution in [3.8, 4) is 0 Å². The summed E-state index contributed by atoms with van der Waals surface area (Å²) in [6, 6.07) is 0. The molecule has 1 fully saturated rings. The molecule has 2 rings (SSSR count). The van der Waals surface area contributed by atoms with Crippen molar-refractivity contribution in [2.24, 2.45) is 0 Å². The van der Waals surface area contributed by atoms with Crippen LogP contribution < -0.4 is 11.2 Å². The summed E-state index contributed by atoms with van der Waals surface area (Å²) in [4.78, 5) is 27.9. The Hall–Kier alpha value is -1.00. The number of hydrogen-bond donors (Lipinski definition) is 2. The van der Waals surface area contributed by atoms with Gasteiger partial charge in [-0.05, 0) is 29.2 Å². The molecule has 0 bridgehead atoms. The first kappa shape index (κ1) is 21.3. The number of aliphatic hydroxyl groups excluding tert-OH is 1. The van der Waals surface area contributed by atoms with E-state index in [0.29, 0.717) is 12.0 Å². The standard InChI is InChI=1S/C17H27BrN2O5Si/c1-17(2,3)26(4,5)25-12-8-14(24-13(12)10-21)20-9-11(6-7-18)15(22)19-16(20)23/h6-7,9,12-14,21H,8,10H2,1-5H3,(H,19,22,23)/b7-6+/t12-,13+,14+/m0/s1. The molecule has 9 heteroatoms. The molecule has 1 aromatic heterocycles. The van der Waals surface area contributed by atoms with E-state index in [4.69, 9.17) is 9.16 Å². The molecule has 0 saturated carbocycles. The summed E-state index contributed by atoms with van der Waals surface area (Å²) in [6.45, 7) is 10.5. The van der Waals surface area contributed by atoms with Crippen molar-refractivity contribution in [3.05, 3.63) is 37.6 Å². The first-order valence-electron chi connectivity index (χ1n) is 8.56. The Morgan fingerprint density at radius 2 is 2.12 bits per heavy atom. The van der Waals surface area contributed by atoms with Crippen molar-refractivity contribution < 1.29 is 14.3 Å². The van der Waals surface area contributed by atoms with E-state index in [0.717, 1.165) is 0 Å². The van der Waals surface area contributed by atoms with Crippen LogP contribution in [-0.4, -0.2) is 41.8 Å². The van der Waals surface area contributed by atoms with Gasteiger partial charge < -0.3 is 14.3 Å². The molecule has 146 valence electrons. The van der Waals surface area contributed by atoms with Crippen LogP contribution in [0.2, 0.25) is 18.1 Å². The monoisotopic (exact) mass is 446 g/mol. The van der Waals surface area contributed by atoms with Crippen LogP contribution in [0.5, 0.6) is 0 Å². The Balaban J connectivity index is 2.30. The molecule has 0 aliphatic carbocycles. The molecule has 1 aliphatic heterocycles. The van der Waals surface area contributed by atoms with Crippen LogP contribution in [0.25, 0.3) is 6.08 Å². The van der Waals surface area contributed by atoms with Crippen molar-refractivity contribution in [2.75, 3.05) is 6.61 Å². The maximum atomic E-state index is 12.2. The Bertz CT molecular complexity index is 781. The number of ether oxygens (including phenoxy) is 1. The van der Waals surface area contributed by atoms with Gasteiger partial charge in [-0.1, -0.05) is 36.7 Å². The Morgan fingerprint density at radius 3 is 2.65 bits per heavy atom. The highest BCUT2D eigenvalue weighted by atomic mass is 79.9. The fourth-order valence-corrected chi connectivity index (χ4v) is 4.26. The normalized spacial score (nSPS) is 24.5. The summed E-state index contributed by atoms with van der Waals surface area (Å²) in [5, 5.41) is 9.72. The molecule has 0 radical (unpaired) electrons. The van der Waals surface area contributed by atoms with Gasteiger partial charge in [0, 0.05) is 12.6 Å². The summed E-state index contributed by atoms with van der Waals surface area (Å²) < 4.78 is 13.6. The number of halogens is 1. The van der Waals surface area contributed by atoms with Crippen molar-refractivity contribution in [1.82, 2.24) is 9.55 Å². The molecule has 0 spiro atoms. The van der Waals surface area contributed by atoms with Crippen LogP contribution in [-0.2, 0) is 9.16 Å². The van der Waals surface area contributed by atoms with Crippen molar-refractivity contribution >= 4 is 30.3 Å². The number of aliphatic hydroxyl groups is 1. The minimum absolute atomic E-state index is 0.0216. The lowest BCUT2D eigenvalue weighted by Crippen LogP contribution is -2.46. The Kier molecular flexibility index (Phi) is 6.50. The molecule has 1 saturated heterocycles. The van der Waals surface area contributed by atoms with E-state index in [1.165, 1.54) is 10.8 Å². The largest absolute Gasteiger partial charge is 0.411 e. The van der Waals surface area contributed by atoms with Gasteiger partial charge in [0.1, 0.15) is 12.3 Å². The molecule has 0 amide bonds. The number of aromatic amines is 1. The Labute approximate surface area is 162 Å². The topological polar surface area (TPSA) is 93.6 Å². The molecule has 26 heavy (non-hydrogen) atoms. The van der Waals surface area contributed by atoms with E-state index in [1.54, 1.807) is 11.1 Å². The second-order valence-corrected chi connectivity index (χ2v) is 13.3. The average Bonchev–Trinajstić information content (AvgIpc) is 2.91. The molecule has 2 N–H and O–H groups in total. The highest BCUT2D eigenvalue weighted by molar-refractivity contribution is 9.11. The fourth-order valence-electron chi connectivity index (χ4n) is 2.62. The summed E-state index contributed by atoms with van der Waals surface area (Å²) >= 11 is 3.13. The number of nitrogens with one attached hydrogen (secondary N) is 1. The third kappa shape index (κ3) is 4.45. The number of nitrogens with zero attached hydrogens (tertiary/aromatic N) is 1. The van der Waals surface area contributed by atoms with Crippen molar-refractivity contribution in [2.45, 2.75) is 63.8 Å². The summed E-state index contributed by atoms with van der Waals surface area (Å²) in [5.74, 6) is 0. The van der Waals surface area contributed by atoms with Crippen LogP contribution >= 0.6 is 15.9 Å². The van der Waals surface area contributed by atoms with Gasteiger partial charge in [0.15, 0.2) is 8.32 Å². The summed E-state index contributed by atoms with van der Waals surface area (Å²) in [6.07, 6.45) is 2.03. The number of hydrogen-bond acceptors (Lipinski definition) is 5. The molecule has 1 aromatic rings. The van der Waals surface area contributed by atoms with E-state index in [-0.39, 0.29) is 17.7 Å². The van der Waals surface area contributed by atoms with E-state index in [2.05, 4.69) is 54.8 Å².